The van der Waals surface area contributed by atoms with E-state index in [0.29, 0.717) is 13.2 Å². The van der Waals surface area contributed by atoms with E-state index in [9.17, 15) is 13.2 Å². The Hall–Kier alpha value is -0.380. The van der Waals surface area contributed by atoms with E-state index in [2.05, 4.69) is 4.74 Å². The average molecular weight is 225 g/mol. The van der Waals surface area contributed by atoms with Crippen molar-refractivity contribution >= 4 is 10.1 Å². The minimum absolute atomic E-state index is 0.622. The predicted molar refractivity (Wildman–Crippen MR) is 38.5 cm³/mol. The fraction of sp³-hybridized carbons (Fsp3) is 1.00. The second kappa shape index (κ2) is 6.13. The van der Waals surface area contributed by atoms with Crippen LogP contribution in [0.25, 0.3) is 0 Å². The summed E-state index contributed by atoms with van der Waals surface area (Å²) in [6, 6.07) is 0. The van der Waals surface area contributed by atoms with Crippen molar-refractivity contribution < 1.29 is 30.9 Å². The monoisotopic (exact) mass is 225 g/mol. The summed E-state index contributed by atoms with van der Waals surface area (Å²) in [5.41, 5.74) is -0.521. The highest BCUT2D eigenvalue weighted by atomic mass is 32.2. The van der Waals surface area contributed by atoms with Crippen LogP contribution in [0.5, 0.6) is 0 Å². The van der Waals surface area contributed by atoms with E-state index in [1.807, 2.05) is 0 Å². The van der Waals surface area contributed by atoms with E-state index in [1.54, 1.807) is 7.11 Å². The maximum Gasteiger partial charge on any atom is 0.522 e. The van der Waals surface area contributed by atoms with Gasteiger partial charge in [-0.15, -0.1) is 0 Å². The van der Waals surface area contributed by atoms with Crippen LogP contribution in [0.1, 0.15) is 0 Å². The number of hydrogen-bond acceptors (Lipinski definition) is 4. The first-order chi connectivity index (χ1) is 5.66. The van der Waals surface area contributed by atoms with E-state index < -0.39 is 15.6 Å². The standard InChI is InChI=1S/C3H9NO.CHF3O3S/c1-5-3-2-4;2-1(3,4)8(5,6)7/h2-4H2,1H3;(H,5,6,7). The van der Waals surface area contributed by atoms with Crippen LogP contribution < -0.4 is 5.73 Å². The molecular weight excluding hydrogens is 215 g/mol. The molecule has 0 heterocycles. The molecule has 0 aliphatic heterocycles. The van der Waals surface area contributed by atoms with Gasteiger partial charge >= 0.3 is 15.6 Å². The van der Waals surface area contributed by atoms with Crippen LogP contribution in [0, 0.1) is 0 Å². The molecule has 0 rings (SSSR count). The fourth-order valence-electron chi connectivity index (χ4n) is 0.118. The zero-order valence-corrected chi connectivity index (χ0v) is 7.52. The van der Waals surface area contributed by atoms with Crippen LogP contribution in [-0.2, 0) is 14.9 Å². The third-order valence-corrected chi connectivity index (χ3v) is 1.20. The van der Waals surface area contributed by atoms with E-state index >= 15 is 0 Å². The number of rotatable bonds is 2. The lowest BCUT2D eigenvalue weighted by Gasteiger charge is -1.97. The van der Waals surface area contributed by atoms with Gasteiger partial charge in [0.05, 0.1) is 6.61 Å². The van der Waals surface area contributed by atoms with E-state index in [0.717, 1.165) is 0 Å². The van der Waals surface area contributed by atoms with Gasteiger partial charge in [-0.25, -0.2) is 0 Å². The third-order valence-electron chi connectivity index (χ3n) is 0.614. The molecule has 3 N–H and O–H groups in total. The molecule has 0 aromatic heterocycles. The Morgan fingerprint density at radius 2 is 1.77 bits per heavy atom. The third kappa shape index (κ3) is 9.53. The number of nitrogens with two attached hydrogens (primary N) is 1. The van der Waals surface area contributed by atoms with E-state index in [4.69, 9.17) is 18.7 Å². The molecular formula is C4H10F3NO4S. The van der Waals surface area contributed by atoms with Crippen molar-refractivity contribution in [2.45, 2.75) is 5.51 Å². The zero-order chi connectivity index (χ0) is 11.1. The fourth-order valence-corrected chi connectivity index (χ4v) is 0.118. The summed E-state index contributed by atoms with van der Waals surface area (Å²) in [4.78, 5) is 0. The van der Waals surface area contributed by atoms with Gasteiger partial charge in [-0.3, -0.25) is 4.55 Å². The van der Waals surface area contributed by atoms with Crippen LogP contribution in [0.15, 0.2) is 0 Å². The van der Waals surface area contributed by atoms with Crippen molar-refractivity contribution in [3.05, 3.63) is 0 Å². The summed E-state index contributed by atoms with van der Waals surface area (Å²) in [5, 5.41) is 0. The molecule has 0 aromatic rings. The van der Waals surface area contributed by atoms with Crippen molar-refractivity contribution in [1.29, 1.82) is 0 Å². The van der Waals surface area contributed by atoms with Crippen LogP contribution in [-0.4, -0.2) is 38.7 Å². The highest BCUT2D eigenvalue weighted by molar-refractivity contribution is 7.86. The van der Waals surface area contributed by atoms with Crippen LogP contribution in [0.3, 0.4) is 0 Å². The predicted octanol–water partition coefficient (Wildman–Crippen LogP) is -0.0145. The molecule has 13 heavy (non-hydrogen) atoms. The second-order valence-corrected chi connectivity index (χ2v) is 3.12. The van der Waals surface area contributed by atoms with Crippen LogP contribution >= 0.6 is 0 Å². The van der Waals surface area contributed by atoms with Crippen molar-refractivity contribution in [1.82, 2.24) is 0 Å². The first-order valence-electron chi connectivity index (χ1n) is 2.89. The quantitative estimate of drug-likeness (QED) is 0.509. The summed E-state index contributed by atoms with van der Waals surface area (Å²) >= 11 is 0. The largest absolute Gasteiger partial charge is 0.522 e. The second-order valence-electron chi connectivity index (χ2n) is 1.70. The molecule has 0 amide bonds. The number of ether oxygens (including phenoxy) is 1. The summed E-state index contributed by atoms with van der Waals surface area (Å²) in [7, 11) is -4.21. The molecule has 0 aliphatic carbocycles. The maximum atomic E-state index is 10.7. The number of alkyl halides is 3. The molecule has 5 nitrogen and oxygen atoms in total. The maximum absolute atomic E-state index is 10.7. The Balaban J connectivity index is 0. The molecule has 0 aliphatic rings. The van der Waals surface area contributed by atoms with Gasteiger partial charge in [-0.05, 0) is 0 Å². The van der Waals surface area contributed by atoms with Crippen molar-refractivity contribution in [2.75, 3.05) is 20.3 Å². The molecule has 82 valence electrons. The SMILES string of the molecule is COCCN.O=S(=O)(O)C(F)(F)F. The lowest BCUT2D eigenvalue weighted by molar-refractivity contribution is -0.0510. The summed E-state index contributed by atoms with van der Waals surface area (Å²) in [5.74, 6) is 0. The Morgan fingerprint density at radius 3 is 1.77 bits per heavy atom. The Kier molecular flexibility index (Phi) is 7.13. The van der Waals surface area contributed by atoms with Gasteiger partial charge in [0, 0.05) is 13.7 Å². The lowest BCUT2D eigenvalue weighted by Crippen LogP contribution is -2.21. The molecule has 0 aromatic carbocycles. The van der Waals surface area contributed by atoms with Crippen molar-refractivity contribution in [2.24, 2.45) is 5.73 Å². The smallest absolute Gasteiger partial charge is 0.383 e. The van der Waals surface area contributed by atoms with Crippen LogP contribution in [0.2, 0.25) is 0 Å². The molecule has 0 saturated heterocycles. The molecule has 0 radical (unpaired) electrons. The normalized spacial score (nSPS) is 11.8. The van der Waals surface area contributed by atoms with Gasteiger partial charge in [0.25, 0.3) is 0 Å². The summed E-state index contributed by atoms with van der Waals surface area (Å²) < 4.78 is 62.1. The first kappa shape index (κ1) is 15.1. The van der Waals surface area contributed by atoms with Crippen molar-refractivity contribution in [3.63, 3.8) is 0 Å². The van der Waals surface area contributed by atoms with E-state index in [-0.39, 0.29) is 0 Å². The molecule has 0 saturated carbocycles. The van der Waals surface area contributed by atoms with Gasteiger partial charge in [0.2, 0.25) is 0 Å². The van der Waals surface area contributed by atoms with Gasteiger partial charge < -0.3 is 10.5 Å². The first-order valence-corrected chi connectivity index (χ1v) is 4.33. The summed E-state index contributed by atoms with van der Waals surface area (Å²) in [6.45, 7) is 1.29. The molecule has 9 heteroatoms. The number of methoxy groups -OCH3 is 1. The number of halogens is 3. The van der Waals surface area contributed by atoms with Gasteiger partial charge in [-0.1, -0.05) is 0 Å². The van der Waals surface area contributed by atoms with Crippen LogP contribution in [0.4, 0.5) is 13.2 Å². The Bertz CT molecular complexity index is 210. The Morgan fingerprint density at radius 1 is 1.46 bits per heavy atom. The minimum Gasteiger partial charge on any atom is -0.383 e. The molecule has 0 unspecified atom stereocenters. The molecule has 0 bridgehead atoms. The molecule has 0 fully saturated rings. The van der Waals surface area contributed by atoms with Crippen molar-refractivity contribution in [3.8, 4) is 0 Å². The van der Waals surface area contributed by atoms with Gasteiger partial charge in [0.15, 0.2) is 0 Å². The van der Waals surface area contributed by atoms with E-state index in [1.165, 1.54) is 0 Å². The average Bonchev–Trinajstić information content (AvgIpc) is 1.85. The topological polar surface area (TPSA) is 89.6 Å². The van der Waals surface area contributed by atoms with Gasteiger partial charge in [-0.2, -0.15) is 21.6 Å². The Labute approximate surface area is 73.4 Å². The zero-order valence-electron chi connectivity index (χ0n) is 6.71. The highest BCUT2D eigenvalue weighted by Crippen LogP contribution is 2.20. The molecule has 0 spiro atoms. The minimum atomic E-state index is -5.84. The highest BCUT2D eigenvalue weighted by Gasteiger charge is 2.44. The summed E-state index contributed by atoms with van der Waals surface area (Å²) in [6.07, 6.45) is 0. The lowest BCUT2D eigenvalue weighted by atomic mass is 10.7. The molecule has 0 atom stereocenters. The number of hydrogen-bond donors (Lipinski definition) is 2. The van der Waals surface area contributed by atoms with Gasteiger partial charge in [0.1, 0.15) is 0 Å².